The Morgan fingerprint density at radius 1 is 1.12 bits per heavy atom. The normalized spacial score (nSPS) is 22.3. The quantitative estimate of drug-likeness (QED) is 0.395. The van der Waals surface area contributed by atoms with Crippen LogP contribution in [0.15, 0.2) is 35.3 Å². The van der Waals surface area contributed by atoms with E-state index in [9.17, 15) is 4.79 Å². The molecule has 1 aliphatic heterocycles. The molecule has 0 radical (unpaired) electrons. The summed E-state index contributed by atoms with van der Waals surface area (Å²) in [6.07, 6.45) is 5.94. The van der Waals surface area contributed by atoms with Crippen LogP contribution in [0.25, 0.3) is 0 Å². The van der Waals surface area contributed by atoms with Crippen molar-refractivity contribution in [3.05, 3.63) is 35.9 Å². The van der Waals surface area contributed by atoms with Gasteiger partial charge < -0.3 is 15.5 Å². The summed E-state index contributed by atoms with van der Waals surface area (Å²) in [6, 6.07) is 10.00. The number of rotatable bonds is 5. The summed E-state index contributed by atoms with van der Waals surface area (Å²) in [6.45, 7) is 3.44. The van der Waals surface area contributed by atoms with E-state index in [1.165, 1.54) is 25.7 Å². The predicted molar refractivity (Wildman–Crippen MR) is 117 cm³/mol. The molecule has 1 saturated carbocycles. The summed E-state index contributed by atoms with van der Waals surface area (Å²) in [7, 11) is 1.83. The van der Waals surface area contributed by atoms with Crippen molar-refractivity contribution in [2.45, 2.75) is 38.6 Å². The molecule has 2 N–H and O–H groups in total. The van der Waals surface area contributed by atoms with Gasteiger partial charge in [-0.15, -0.1) is 24.0 Å². The van der Waals surface area contributed by atoms with Gasteiger partial charge in [-0.1, -0.05) is 43.2 Å². The number of guanidine groups is 1. The fourth-order valence-corrected chi connectivity index (χ4v) is 4.08. The first-order chi connectivity index (χ1) is 12.3. The predicted octanol–water partition coefficient (Wildman–Crippen LogP) is 3.01. The third-order valence-electron chi connectivity index (χ3n) is 5.46. The Hall–Kier alpha value is -1.31. The van der Waals surface area contributed by atoms with Crippen LogP contribution in [0.5, 0.6) is 0 Å². The second-order valence-corrected chi connectivity index (χ2v) is 7.20. The minimum Gasteiger partial charge on any atom is -0.356 e. The van der Waals surface area contributed by atoms with Gasteiger partial charge in [0.25, 0.3) is 0 Å². The van der Waals surface area contributed by atoms with Crippen LogP contribution in [0.2, 0.25) is 0 Å². The number of carbonyl (C=O) groups is 1. The molecule has 2 atom stereocenters. The van der Waals surface area contributed by atoms with Crippen molar-refractivity contribution < 1.29 is 4.79 Å². The lowest BCUT2D eigenvalue weighted by molar-refractivity contribution is -0.121. The molecule has 2 unspecified atom stereocenters. The minimum atomic E-state index is 0. The molecule has 0 aromatic heterocycles. The van der Waals surface area contributed by atoms with Gasteiger partial charge in [-0.2, -0.15) is 0 Å². The molecular weight excluding hydrogens is 439 g/mol. The number of nitrogens with one attached hydrogen (secondary N) is 2. The zero-order valence-electron chi connectivity index (χ0n) is 15.6. The number of halogens is 1. The van der Waals surface area contributed by atoms with E-state index in [0.717, 1.165) is 36.4 Å². The smallest absolute Gasteiger partial charge is 0.222 e. The highest BCUT2D eigenvalue weighted by molar-refractivity contribution is 14.0. The molecule has 2 aliphatic rings. The summed E-state index contributed by atoms with van der Waals surface area (Å²) in [5.41, 5.74) is 1.12. The van der Waals surface area contributed by atoms with Crippen LogP contribution in [0.4, 0.5) is 0 Å². The van der Waals surface area contributed by atoms with Crippen LogP contribution in [-0.2, 0) is 11.3 Å². The van der Waals surface area contributed by atoms with Gasteiger partial charge in [0.05, 0.1) is 0 Å². The lowest BCUT2D eigenvalue weighted by Gasteiger charge is -2.22. The van der Waals surface area contributed by atoms with Crippen LogP contribution in [0.3, 0.4) is 0 Å². The van der Waals surface area contributed by atoms with Gasteiger partial charge in [0.15, 0.2) is 5.96 Å². The van der Waals surface area contributed by atoms with Crippen molar-refractivity contribution in [1.82, 2.24) is 15.5 Å². The number of benzene rings is 1. The molecule has 6 heteroatoms. The maximum absolute atomic E-state index is 12.0. The summed E-state index contributed by atoms with van der Waals surface area (Å²) < 4.78 is 0. The lowest BCUT2D eigenvalue weighted by Crippen LogP contribution is -2.41. The standard InChI is InChI=1S/C20H30N4O.HI/c1-21-20(24-14-17-9-5-6-10-18(17)15-24)22-12-11-19(25)23-13-16-7-3-2-4-8-16;/h2-4,7-8,17-18H,5-6,9-15H2,1H3,(H,21,22)(H,23,25);1H. The lowest BCUT2D eigenvalue weighted by atomic mass is 9.82. The van der Waals surface area contributed by atoms with Crippen molar-refractivity contribution >= 4 is 35.8 Å². The highest BCUT2D eigenvalue weighted by Crippen LogP contribution is 2.35. The Kier molecular flexibility index (Phi) is 8.68. The van der Waals surface area contributed by atoms with Crippen molar-refractivity contribution in [3.8, 4) is 0 Å². The van der Waals surface area contributed by atoms with Gasteiger partial charge in [0, 0.05) is 39.6 Å². The van der Waals surface area contributed by atoms with E-state index in [-0.39, 0.29) is 29.9 Å². The van der Waals surface area contributed by atoms with Gasteiger partial charge in [0.2, 0.25) is 5.91 Å². The first-order valence-corrected chi connectivity index (χ1v) is 9.52. The van der Waals surface area contributed by atoms with Crippen molar-refractivity contribution in [2.24, 2.45) is 16.8 Å². The maximum atomic E-state index is 12.0. The largest absolute Gasteiger partial charge is 0.356 e. The number of aliphatic imine (C=N–C) groups is 1. The Bertz CT molecular complexity index is 579. The van der Waals surface area contributed by atoms with Gasteiger partial charge in [-0.3, -0.25) is 9.79 Å². The van der Waals surface area contributed by atoms with Crippen molar-refractivity contribution in [2.75, 3.05) is 26.7 Å². The third-order valence-corrected chi connectivity index (χ3v) is 5.46. The Labute approximate surface area is 174 Å². The van der Waals surface area contributed by atoms with Crippen LogP contribution >= 0.6 is 24.0 Å². The van der Waals surface area contributed by atoms with Crippen LogP contribution < -0.4 is 10.6 Å². The van der Waals surface area contributed by atoms with Crippen LogP contribution in [-0.4, -0.2) is 43.4 Å². The highest BCUT2D eigenvalue weighted by Gasteiger charge is 2.35. The molecule has 26 heavy (non-hydrogen) atoms. The molecule has 2 fully saturated rings. The molecule has 1 aromatic carbocycles. The molecule has 5 nitrogen and oxygen atoms in total. The molecule has 1 amide bonds. The first kappa shape index (κ1) is 21.0. The van der Waals surface area contributed by atoms with Crippen molar-refractivity contribution in [1.29, 1.82) is 0 Å². The van der Waals surface area contributed by atoms with Gasteiger partial charge in [0.1, 0.15) is 0 Å². The van der Waals surface area contributed by atoms with Crippen LogP contribution in [0.1, 0.15) is 37.7 Å². The fraction of sp³-hybridized carbons (Fsp3) is 0.600. The average Bonchev–Trinajstić information content (AvgIpc) is 3.08. The molecule has 0 spiro atoms. The Balaban J connectivity index is 0.00000243. The van der Waals surface area contributed by atoms with Gasteiger partial charge >= 0.3 is 0 Å². The monoisotopic (exact) mass is 470 g/mol. The summed E-state index contributed by atoms with van der Waals surface area (Å²) >= 11 is 0. The Morgan fingerprint density at radius 2 is 1.77 bits per heavy atom. The number of hydrogen-bond donors (Lipinski definition) is 2. The fourth-order valence-electron chi connectivity index (χ4n) is 4.08. The molecule has 1 aliphatic carbocycles. The second kappa shape index (κ2) is 10.7. The van der Waals surface area contributed by atoms with E-state index in [0.29, 0.717) is 19.5 Å². The number of carbonyl (C=O) groups excluding carboxylic acids is 1. The molecule has 1 saturated heterocycles. The van der Waals surface area contributed by atoms with E-state index in [2.05, 4.69) is 20.5 Å². The van der Waals surface area contributed by atoms with E-state index in [1.807, 2.05) is 37.4 Å². The Morgan fingerprint density at radius 3 is 2.38 bits per heavy atom. The van der Waals surface area contributed by atoms with E-state index in [4.69, 9.17) is 0 Å². The van der Waals surface area contributed by atoms with E-state index in [1.54, 1.807) is 0 Å². The van der Waals surface area contributed by atoms with E-state index < -0.39 is 0 Å². The zero-order chi connectivity index (χ0) is 17.5. The van der Waals surface area contributed by atoms with Crippen molar-refractivity contribution in [3.63, 3.8) is 0 Å². The number of fused-ring (bicyclic) bond motifs is 1. The molecule has 144 valence electrons. The van der Waals surface area contributed by atoms with E-state index >= 15 is 0 Å². The SMILES string of the molecule is CN=C(NCCC(=O)NCc1ccccc1)N1CC2CCCCC2C1.I. The average molecular weight is 470 g/mol. The number of amides is 1. The maximum Gasteiger partial charge on any atom is 0.222 e. The molecule has 1 aromatic rings. The summed E-state index contributed by atoms with van der Waals surface area (Å²) in [5.74, 6) is 2.69. The first-order valence-electron chi connectivity index (χ1n) is 9.52. The second-order valence-electron chi connectivity index (χ2n) is 7.20. The molecule has 1 heterocycles. The zero-order valence-corrected chi connectivity index (χ0v) is 17.9. The summed E-state index contributed by atoms with van der Waals surface area (Å²) in [4.78, 5) is 18.8. The minimum absolute atomic E-state index is 0. The summed E-state index contributed by atoms with van der Waals surface area (Å²) in [5, 5.41) is 6.33. The topological polar surface area (TPSA) is 56.7 Å². The molecular formula is C20H31IN4O. The number of hydrogen-bond acceptors (Lipinski definition) is 2. The number of nitrogens with zero attached hydrogens (tertiary/aromatic N) is 2. The third kappa shape index (κ3) is 5.86. The highest BCUT2D eigenvalue weighted by atomic mass is 127. The number of likely N-dealkylation sites (tertiary alicyclic amines) is 1. The van der Waals surface area contributed by atoms with Gasteiger partial charge in [-0.05, 0) is 30.2 Å². The van der Waals surface area contributed by atoms with Crippen LogP contribution in [0, 0.1) is 11.8 Å². The van der Waals surface area contributed by atoms with Gasteiger partial charge in [-0.25, -0.2) is 0 Å². The molecule has 3 rings (SSSR count). The molecule has 0 bridgehead atoms.